The lowest BCUT2D eigenvalue weighted by atomic mass is 10.1. The zero-order valence-electron chi connectivity index (χ0n) is 14.8. The maximum atomic E-state index is 4.68. The summed E-state index contributed by atoms with van der Waals surface area (Å²) in [7, 11) is 0. The zero-order chi connectivity index (χ0) is 17.5. The van der Waals surface area contributed by atoms with E-state index in [9.17, 15) is 0 Å². The van der Waals surface area contributed by atoms with E-state index in [2.05, 4.69) is 82.6 Å². The standard InChI is InChI=1S/C21H24N4/c1-3-25(19-11-7-8-17(2)16-19)20-13-15-23-21(24-20)22-14-12-18-9-5-4-6-10-18/h4-11,13,15-16H,3,12,14H2,1-2H3,(H,22,23,24). The van der Waals surface area contributed by atoms with Crippen LogP contribution in [0, 0.1) is 6.92 Å². The smallest absolute Gasteiger partial charge is 0.224 e. The van der Waals surface area contributed by atoms with Gasteiger partial charge in [-0.2, -0.15) is 4.98 Å². The summed E-state index contributed by atoms with van der Waals surface area (Å²) >= 11 is 0. The number of aromatic nitrogens is 2. The van der Waals surface area contributed by atoms with E-state index in [-0.39, 0.29) is 0 Å². The van der Waals surface area contributed by atoms with Crippen LogP contribution in [-0.4, -0.2) is 23.1 Å². The molecule has 0 spiro atoms. The first-order valence-electron chi connectivity index (χ1n) is 8.71. The van der Waals surface area contributed by atoms with E-state index in [1.54, 1.807) is 0 Å². The number of anilines is 3. The highest BCUT2D eigenvalue weighted by molar-refractivity contribution is 5.61. The summed E-state index contributed by atoms with van der Waals surface area (Å²) in [5.74, 6) is 1.57. The van der Waals surface area contributed by atoms with Crippen molar-refractivity contribution in [3.8, 4) is 0 Å². The third-order valence-corrected chi connectivity index (χ3v) is 4.09. The lowest BCUT2D eigenvalue weighted by molar-refractivity contribution is 0.951. The average Bonchev–Trinajstić information content (AvgIpc) is 2.64. The largest absolute Gasteiger partial charge is 0.354 e. The Balaban J connectivity index is 1.69. The molecular formula is C21H24N4. The summed E-state index contributed by atoms with van der Waals surface area (Å²) in [4.78, 5) is 11.2. The molecule has 0 aliphatic heterocycles. The van der Waals surface area contributed by atoms with Gasteiger partial charge in [-0.25, -0.2) is 4.98 Å². The second-order valence-corrected chi connectivity index (χ2v) is 5.98. The zero-order valence-corrected chi connectivity index (χ0v) is 14.8. The summed E-state index contributed by atoms with van der Waals surface area (Å²) in [6, 6.07) is 20.9. The van der Waals surface area contributed by atoms with Gasteiger partial charge in [0.2, 0.25) is 5.95 Å². The van der Waals surface area contributed by atoms with Crippen molar-refractivity contribution in [3.05, 3.63) is 78.0 Å². The number of nitrogens with zero attached hydrogens (tertiary/aromatic N) is 3. The lowest BCUT2D eigenvalue weighted by Crippen LogP contribution is -2.18. The molecule has 1 heterocycles. The average molecular weight is 332 g/mol. The molecule has 128 valence electrons. The van der Waals surface area contributed by atoms with Gasteiger partial charge < -0.3 is 10.2 Å². The molecule has 0 amide bonds. The van der Waals surface area contributed by atoms with E-state index >= 15 is 0 Å². The van der Waals surface area contributed by atoms with Crippen LogP contribution in [-0.2, 0) is 6.42 Å². The first-order valence-corrected chi connectivity index (χ1v) is 8.71. The van der Waals surface area contributed by atoms with Crippen molar-refractivity contribution in [1.82, 2.24) is 9.97 Å². The Kier molecular flexibility index (Phi) is 5.62. The SMILES string of the molecule is CCN(c1cccc(C)c1)c1ccnc(NCCc2ccccc2)n1. The lowest BCUT2D eigenvalue weighted by Gasteiger charge is -2.22. The number of hydrogen-bond donors (Lipinski definition) is 1. The van der Waals surface area contributed by atoms with Crippen molar-refractivity contribution in [1.29, 1.82) is 0 Å². The Hall–Kier alpha value is -2.88. The molecule has 1 N–H and O–H groups in total. The van der Waals surface area contributed by atoms with Gasteiger partial charge in [0.1, 0.15) is 5.82 Å². The maximum Gasteiger partial charge on any atom is 0.224 e. The monoisotopic (exact) mass is 332 g/mol. The highest BCUT2D eigenvalue weighted by Crippen LogP contribution is 2.24. The Labute approximate surface area is 149 Å². The summed E-state index contributed by atoms with van der Waals surface area (Å²) in [5, 5.41) is 3.33. The van der Waals surface area contributed by atoms with Gasteiger partial charge in [-0.15, -0.1) is 0 Å². The van der Waals surface area contributed by atoms with Crippen LogP contribution in [0.3, 0.4) is 0 Å². The van der Waals surface area contributed by atoms with Crippen LogP contribution < -0.4 is 10.2 Å². The van der Waals surface area contributed by atoms with Gasteiger partial charge in [-0.05, 0) is 49.6 Å². The van der Waals surface area contributed by atoms with Gasteiger partial charge in [0.05, 0.1) is 0 Å². The summed E-state index contributed by atoms with van der Waals surface area (Å²) in [5.41, 5.74) is 3.70. The fourth-order valence-corrected chi connectivity index (χ4v) is 2.82. The van der Waals surface area contributed by atoms with E-state index in [1.165, 1.54) is 11.1 Å². The molecule has 3 rings (SSSR count). The predicted octanol–water partition coefficient (Wildman–Crippen LogP) is 4.60. The summed E-state index contributed by atoms with van der Waals surface area (Å²) in [6.07, 6.45) is 2.76. The third-order valence-electron chi connectivity index (χ3n) is 4.09. The minimum absolute atomic E-state index is 0.666. The molecule has 3 aromatic rings. The summed E-state index contributed by atoms with van der Waals surface area (Å²) < 4.78 is 0. The van der Waals surface area contributed by atoms with Crippen LogP contribution in [0.25, 0.3) is 0 Å². The van der Waals surface area contributed by atoms with Gasteiger partial charge in [-0.1, -0.05) is 42.5 Å². The predicted molar refractivity (Wildman–Crippen MR) is 105 cm³/mol. The van der Waals surface area contributed by atoms with Gasteiger partial charge in [0.25, 0.3) is 0 Å². The van der Waals surface area contributed by atoms with E-state index in [0.29, 0.717) is 5.95 Å². The van der Waals surface area contributed by atoms with E-state index in [1.807, 2.05) is 18.3 Å². The van der Waals surface area contributed by atoms with Crippen molar-refractivity contribution < 1.29 is 0 Å². The van der Waals surface area contributed by atoms with Gasteiger partial charge in [-0.3, -0.25) is 0 Å². The fraction of sp³-hybridized carbons (Fsp3) is 0.238. The molecule has 0 aliphatic carbocycles. The Morgan fingerprint density at radius 1 is 1.00 bits per heavy atom. The second-order valence-electron chi connectivity index (χ2n) is 5.98. The molecule has 1 aromatic heterocycles. The number of hydrogen-bond acceptors (Lipinski definition) is 4. The second kappa shape index (κ2) is 8.29. The maximum absolute atomic E-state index is 4.68. The highest BCUT2D eigenvalue weighted by Gasteiger charge is 2.10. The summed E-state index contributed by atoms with van der Waals surface area (Å²) in [6.45, 7) is 5.90. The minimum Gasteiger partial charge on any atom is -0.354 e. The number of rotatable bonds is 7. The van der Waals surface area contributed by atoms with Crippen LogP contribution in [0.2, 0.25) is 0 Å². The Morgan fingerprint density at radius 3 is 2.60 bits per heavy atom. The van der Waals surface area contributed by atoms with Crippen molar-refractivity contribution in [2.24, 2.45) is 0 Å². The number of nitrogens with one attached hydrogen (secondary N) is 1. The quantitative estimate of drug-likeness (QED) is 0.686. The van der Waals surface area contributed by atoms with Crippen molar-refractivity contribution in [2.75, 3.05) is 23.3 Å². The van der Waals surface area contributed by atoms with Crippen LogP contribution in [0.15, 0.2) is 66.9 Å². The molecule has 0 radical (unpaired) electrons. The third kappa shape index (κ3) is 4.57. The van der Waals surface area contributed by atoms with Crippen molar-refractivity contribution in [3.63, 3.8) is 0 Å². The topological polar surface area (TPSA) is 41.1 Å². The molecule has 0 saturated heterocycles. The fourth-order valence-electron chi connectivity index (χ4n) is 2.82. The molecule has 4 heteroatoms. The van der Waals surface area contributed by atoms with E-state index < -0.39 is 0 Å². The Bertz CT molecular complexity index is 802. The molecule has 0 saturated carbocycles. The Morgan fingerprint density at radius 2 is 1.84 bits per heavy atom. The van der Waals surface area contributed by atoms with Crippen molar-refractivity contribution in [2.45, 2.75) is 20.3 Å². The van der Waals surface area contributed by atoms with E-state index in [4.69, 9.17) is 0 Å². The molecule has 0 atom stereocenters. The molecule has 0 bridgehead atoms. The molecule has 2 aromatic carbocycles. The van der Waals surface area contributed by atoms with Crippen LogP contribution in [0.1, 0.15) is 18.1 Å². The first kappa shape index (κ1) is 17.0. The van der Waals surface area contributed by atoms with Crippen LogP contribution in [0.5, 0.6) is 0 Å². The normalized spacial score (nSPS) is 10.5. The minimum atomic E-state index is 0.666. The number of aryl methyl sites for hydroxylation is 1. The van der Waals surface area contributed by atoms with Gasteiger partial charge in [0, 0.05) is 25.0 Å². The molecular weight excluding hydrogens is 308 g/mol. The van der Waals surface area contributed by atoms with Crippen molar-refractivity contribution >= 4 is 17.5 Å². The molecule has 0 aliphatic rings. The molecule has 4 nitrogen and oxygen atoms in total. The molecule has 0 unspecified atom stereocenters. The highest BCUT2D eigenvalue weighted by atomic mass is 15.2. The molecule has 0 fully saturated rings. The first-order chi connectivity index (χ1) is 12.3. The van der Waals surface area contributed by atoms with Gasteiger partial charge >= 0.3 is 0 Å². The molecule has 25 heavy (non-hydrogen) atoms. The van der Waals surface area contributed by atoms with Crippen LogP contribution in [0.4, 0.5) is 17.5 Å². The van der Waals surface area contributed by atoms with Gasteiger partial charge in [0.15, 0.2) is 0 Å². The van der Waals surface area contributed by atoms with E-state index in [0.717, 1.165) is 31.0 Å². The number of benzene rings is 2. The van der Waals surface area contributed by atoms with Crippen LogP contribution >= 0.6 is 0 Å².